The Hall–Kier alpha value is -2.85. The Morgan fingerprint density at radius 3 is 2.96 bits per heavy atom. The molecule has 1 fully saturated rings. The second-order valence-electron chi connectivity index (χ2n) is 5.94. The summed E-state index contributed by atoms with van der Waals surface area (Å²) < 4.78 is 19.3. The minimum atomic E-state index is -0.449. The molecule has 2 aromatic rings. The maximum atomic E-state index is 13.9. The van der Waals surface area contributed by atoms with E-state index in [1.54, 1.807) is 12.1 Å². The van der Waals surface area contributed by atoms with Crippen molar-refractivity contribution in [3.63, 3.8) is 0 Å². The van der Waals surface area contributed by atoms with Crippen LogP contribution in [-0.2, 0) is 0 Å². The van der Waals surface area contributed by atoms with Crippen molar-refractivity contribution >= 4 is 23.4 Å². The van der Waals surface area contributed by atoms with Crippen LogP contribution in [0.5, 0.6) is 5.75 Å². The van der Waals surface area contributed by atoms with Crippen LogP contribution in [0.1, 0.15) is 17.0 Å². The van der Waals surface area contributed by atoms with E-state index in [2.05, 4.69) is 15.6 Å². The molecule has 25 heavy (non-hydrogen) atoms. The number of urea groups is 1. The molecule has 1 saturated carbocycles. The van der Waals surface area contributed by atoms with Crippen LogP contribution in [0.25, 0.3) is 0 Å². The summed E-state index contributed by atoms with van der Waals surface area (Å²) in [4.78, 5) is 16.1. The number of benzene rings is 1. The largest absolute Gasteiger partial charge is 0.490 e. The summed E-state index contributed by atoms with van der Waals surface area (Å²) in [5.41, 5.74) is 1.02. The van der Waals surface area contributed by atoms with E-state index in [9.17, 15) is 9.18 Å². The van der Waals surface area contributed by atoms with Gasteiger partial charge in [0.2, 0.25) is 0 Å². The molecule has 2 heterocycles. The number of nitrogens with zero attached hydrogens (tertiary/aromatic N) is 2. The zero-order chi connectivity index (χ0) is 17.6. The molecule has 1 aromatic heterocycles. The van der Waals surface area contributed by atoms with E-state index < -0.39 is 11.8 Å². The van der Waals surface area contributed by atoms with Crippen molar-refractivity contribution in [2.24, 2.45) is 5.92 Å². The summed E-state index contributed by atoms with van der Waals surface area (Å²) in [6.45, 7) is 0.328. The highest BCUT2D eigenvalue weighted by Crippen LogP contribution is 2.56. The van der Waals surface area contributed by atoms with Crippen LogP contribution in [0, 0.1) is 23.1 Å². The number of amides is 2. The first-order valence-electron chi connectivity index (χ1n) is 7.63. The zero-order valence-electron chi connectivity index (χ0n) is 12.8. The first kappa shape index (κ1) is 15.7. The number of nitrogens with one attached hydrogen (secondary N) is 2. The highest BCUT2D eigenvalue weighted by Gasteiger charge is 2.57. The van der Waals surface area contributed by atoms with Gasteiger partial charge in [0.25, 0.3) is 0 Å². The number of halogens is 2. The number of aromatic nitrogens is 1. The van der Waals surface area contributed by atoms with E-state index in [0.717, 1.165) is 0 Å². The maximum Gasteiger partial charge on any atom is 0.320 e. The van der Waals surface area contributed by atoms with Crippen LogP contribution in [0.4, 0.5) is 15.0 Å². The molecular formula is C17H12ClFN4O2. The number of nitriles is 1. The Morgan fingerprint density at radius 2 is 2.24 bits per heavy atom. The molecule has 126 valence electrons. The molecule has 4 rings (SSSR count). The Labute approximate surface area is 147 Å². The van der Waals surface area contributed by atoms with Gasteiger partial charge in [-0.2, -0.15) is 5.26 Å². The average Bonchev–Trinajstić information content (AvgIpc) is 3.31. The third-order valence-corrected chi connectivity index (χ3v) is 4.78. The molecule has 2 amide bonds. The number of carbonyl (C=O) groups is 1. The lowest BCUT2D eigenvalue weighted by Crippen LogP contribution is -2.32. The smallest absolute Gasteiger partial charge is 0.320 e. The van der Waals surface area contributed by atoms with Crippen molar-refractivity contribution in [2.45, 2.75) is 12.0 Å². The molecule has 0 spiro atoms. The van der Waals surface area contributed by atoms with E-state index in [1.165, 1.54) is 18.3 Å². The van der Waals surface area contributed by atoms with Crippen molar-refractivity contribution in [2.75, 3.05) is 11.9 Å². The normalized spacial score (nSPS) is 22.7. The van der Waals surface area contributed by atoms with Gasteiger partial charge in [-0.05, 0) is 24.3 Å². The third kappa shape index (κ3) is 2.75. The van der Waals surface area contributed by atoms with Gasteiger partial charge in [0.1, 0.15) is 11.9 Å². The number of anilines is 1. The van der Waals surface area contributed by atoms with Gasteiger partial charge in [0.15, 0.2) is 11.6 Å². The number of carbonyl (C=O) groups excluding carboxylic acids is 1. The molecule has 6 nitrogen and oxygen atoms in total. The lowest BCUT2D eigenvalue weighted by molar-refractivity contribution is 0.248. The fourth-order valence-electron chi connectivity index (χ4n) is 3.20. The molecule has 1 aliphatic heterocycles. The van der Waals surface area contributed by atoms with Gasteiger partial charge in [-0.1, -0.05) is 11.6 Å². The molecule has 3 atom stereocenters. The Kier molecular flexibility index (Phi) is 3.70. The quantitative estimate of drug-likeness (QED) is 0.863. The van der Waals surface area contributed by atoms with Crippen LogP contribution in [-0.4, -0.2) is 23.7 Å². The monoisotopic (exact) mass is 358 g/mol. The number of pyridine rings is 1. The summed E-state index contributed by atoms with van der Waals surface area (Å²) in [5, 5.41) is 14.6. The van der Waals surface area contributed by atoms with Crippen molar-refractivity contribution in [3.05, 3.63) is 52.4 Å². The van der Waals surface area contributed by atoms with Crippen LogP contribution < -0.4 is 15.4 Å². The SMILES string of the molecule is N#Cc1ccc(NC(=O)NC2[C@H]3COc4c(F)ccc(Cl)c4[C@@H]23)nc1. The summed E-state index contributed by atoms with van der Waals surface area (Å²) in [6.07, 6.45) is 1.37. The van der Waals surface area contributed by atoms with Gasteiger partial charge >= 0.3 is 6.03 Å². The first-order valence-corrected chi connectivity index (χ1v) is 8.00. The highest BCUT2D eigenvalue weighted by molar-refractivity contribution is 6.31. The molecule has 1 aliphatic carbocycles. The molecular weight excluding hydrogens is 347 g/mol. The summed E-state index contributed by atoms with van der Waals surface area (Å²) >= 11 is 6.18. The Bertz CT molecular complexity index is 897. The lowest BCUT2D eigenvalue weighted by Gasteiger charge is -2.17. The molecule has 0 saturated heterocycles. The lowest BCUT2D eigenvalue weighted by atomic mass is 10.1. The number of fused-ring (bicyclic) bond motifs is 3. The molecule has 2 aliphatic rings. The highest BCUT2D eigenvalue weighted by atomic mass is 35.5. The van der Waals surface area contributed by atoms with Gasteiger partial charge in [-0.25, -0.2) is 14.2 Å². The second-order valence-corrected chi connectivity index (χ2v) is 6.35. The van der Waals surface area contributed by atoms with Crippen LogP contribution in [0.3, 0.4) is 0 Å². The zero-order valence-corrected chi connectivity index (χ0v) is 13.5. The second kappa shape index (κ2) is 5.90. The fraction of sp³-hybridized carbons (Fsp3) is 0.235. The van der Waals surface area contributed by atoms with Gasteiger partial charge in [-0.15, -0.1) is 0 Å². The predicted octanol–water partition coefficient (Wildman–Crippen LogP) is 3.04. The van der Waals surface area contributed by atoms with E-state index in [4.69, 9.17) is 21.6 Å². The first-order chi connectivity index (χ1) is 12.1. The summed E-state index contributed by atoms with van der Waals surface area (Å²) in [7, 11) is 0. The molecule has 8 heteroatoms. The Balaban J connectivity index is 1.45. The van der Waals surface area contributed by atoms with E-state index in [-0.39, 0.29) is 23.6 Å². The third-order valence-electron chi connectivity index (χ3n) is 4.45. The maximum absolute atomic E-state index is 13.9. The number of hydrogen-bond acceptors (Lipinski definition) is 4. The molecule has 0 bridgehead atoms. The van der Waals surface area contributed by atoms with E-state index in [1.807, 2.05) is 6.07 Å². The fourth-order valence-corrected chi connectivity index (χ4v) is 3.47. The van der Waals surface area contributed by atoms with Crippen LogP contribution in [0.2, 0.25) is 5.02 Å². The van der Waals surface area contributed by atoms with Gasteiger partial charge < -0.3 is 10.1 Å². The van der Waals surface area contributed by atoms with Crippen LogP contribution in [0.15, 0.2) is 30.5 Å². The minimum absolute atomic E-state index is 0.0616. The minimum Gasteiger partial charge on any atom is -0.490 e. The van der Waals surface area contributed by atoms with Gasteiger partial charge in [-0.3, -0.25) is 5.32 Å². The van der Waals surface area contributed by atoms with Gasteiger partial charge in [0, 0.05) is 34.7 Å². The van der Waals surface area contributed by atoms with E-state index in [0.29, 0.717) is 28.6 Å². The topological polar surface area (TPSA) is 87.0 Å². The van der Waals surface area contributed by atoms with Crippen molar-refractivity contribution in [1.82, 2.24) is 10.3 Å². The number of hydrogen-bond donors (Lipinski definition) is 2. The molecule has 2 N–H and O–H groups in total. The molecule has 1 aromatic carbocycles. The standard InChI is InChI=1S/C17H12ClFN4O2/c18-10-2-3-11(19)16-14(10)13-9(7-25-16)15(13)23-17(24)22-12-4-1-8(5-20)6-21-12/h1-4,6,9,13,15H,7H2,(H2,21,22,23,24)/t9-,13-,15?/m0/s1. The predicted molar refractivity (Wildman–Crippen MR) is 88.0 cm³/mol. The number of ether oxygens (including phenoxy) is 1. The molecule has 1 unspecified atom stereocenters. The van der Waals surface area contributed by atoms with E-state index >= 15 is 0 Å². The van der Waals surface area contributed by atoms with Gasteiger partial charge in [0.05, 0.1) is 12.2 Å². The number of rotatable bonds is 2. The average molecular weight is 359 g/mol. The van der Waals surface area contributed by atoms with Crippen molar-refractivity contribution in [3.8, 4) is 11.8 Å². The summed E-state index contributed by atoms with van der Waals surface area (Å²) in [6, 6.07) is 7.23. The Morgan fingerprint density at radius 1 is 1.40 bits per heavy atom. The van der Waals surface area contributed by atoms with Crippen molar-refractivity contribution < 1.29 is 13.9 Å². The van der Waals surface area contributed by atoms with Crippen LogP contribution >= 0.6 is 11.6 Å². The summed E-state index contributed by atoms with van der Waals surface area (Å²) in [5.74, 6) is 0.0564. The van der Waals surface area contributed by atoms with Crippen molar-refractivity contribution in [1.29, 1.82) is 5.26 Å². The molecule has 0 radical (unpaired) electrons.